The number of rotatable bonds is 0. The van der Waals surface area contributed by atoms with Crippen LogP contribution in [0.4, 0.5) is 4.39 Å². The van der Waals surface area contributed by atoms with Gasteiger partial charge >= 0.3 is 0 Å². The van der Waals surface area contributed by atoms with Gasteiger partial charge in [0.05, 0.1) is 6.42 Å². The van der Waals surface area contributed by atoms with Crippen molar-refractivity contribution in [2.24, 2.45) is 10.7 Å². The number of hydrogen-bond donors (Lipinski definition) is 1. The molecule has 0 aromatic rings. The zero-order chi connectivity index (χ0) is 6.69. The maximum absolute atomic E-state index is 12.2. The van der Waals surface area contributed by atoms with Crippen molar-refractivity contribution in [3.8, 4) is 11.8 Å². The number of aliphatic imine (C=N–C) groups is 1. The Bertz CT molecular complexity index is 229. The molecule has 1 rings (SSSR count). The number of allylic oxidation sites excluding steroid dienone is 1. The molecule has 0 radical (unpaired) electrons. The van der Waals surface area contributed by atoms with E-state index in [1.807, 2.05) is 0 Å². The molecule has 0 aromatic heterocycles. The predicted octanol–water partition coefficient (Wildman–Crippen LogP) is 0.562. The Morgan fingerprint density at radius 2 is 2.56 bits per heavy atom. The van der Waals surface area contributed by atoms with Gasteiger partial charge in [0.1, 0.15) is 5.84 Å². The lowest BCUT2D eigenvalue weighted by Crippen LogP contribution is -2.09. The molecule has 0 atom stereocenters. The van der Waals surface area contributed by atoms with Crippen molar-refractivity contribution in [2.45, 2.75) is 6.42 Å². The van der Waals surface area contributed by atoms with Crippen LogP contribution in [0.1, 0.15) is 6.42 Å². The molecule has 2 nitrogen and oxygen atoms in total. The quantitative estimate of drug-likeness (QED) is 0.372. The van der Waals surface area contributed by atoms with Crippen molar-refractivity contribution in [1.82, 2.24) is 0 Å². The minimum atomic E-state index is -0.613. The van der Waals surface area contributed by atoms with E-state index < -0.39 is 5.95 Å². The molecule has 3 heteroatoms. The molecule has 0 saturated heterocycles. The minimum Gasteiger partial charge on any atom is -0.386 e. The van der Waals surface area contributed by atoms with E-state index >= 15 is 0 Å². The third-order valence-electron chi connectivity index (χ3n) is 0.813. The number of nitrogens with zero attached hydrogens (tertiary/aromatic N) is 1. The summed E-state index contributed by atoms with van der Waals surface area (Å²) in [6.45, 7) is 0. The van der Waals surface area contributed by atoms with Gasteiger partial charge in [-0.2, -0.15) is 4.39 Å². The summed E-state index contributed by atoms with van der Waals surface area (Å²) in [5.74, 6) is 4.67. The van der Waals surface area contributed by atoms with Gasteiger partial charge in [0.2, 0.25) is 5.95 Å². The van der Waals surface area contributed by atoms with E-state index in [1.54, 1.807) is 0 Å². The molecule has 9 heavy (non-hydrogen) atoms. The summed E-state index contributed by atoms with van der Waals surface area (Å²) in [6.07, 6.45) is 1.45. The first-order chi connectivity index (χ1) is 4.29. The van der Waals surface area contributed by atoms with Gasteiger partial charge in [-0.25, -0.2) is 4.99 Å². The first kappa shape index (κ1) is 5.83. The normalized spacial score (nSPS) is 16.6. The van der Waals surface area contributed by atoms with Crippen molar-refractivity contribution in [3.63, 3.8) is 0 Å². The highest BCUT2D eigenvalue weighted by atomic mass is 19.1. The molecule has 0 fully saturated rings. The Morgan fingerprint density at radius 3 is 3.33 bits per heavy atom. The molecule has 0 aromatic carbocycles. The average molecular weight is 124 g/mol. The van der Waals surface area contributed by atoms with Crippen LogP contribution >= 0.6 is 0 Å². The molecule has 0 saturated carbocycles. The van der Waals surface area contributed by atoms with Gasteiger partial charge in [0.15, 0.2) is 0 Å². The lowest BCUT2D eigenvalue weighted by Gasteiger charge is -1.87. The Labute approximate surface area is 52.3 Å². The van der Waals surface area contributed by atoms with Gasteiger partial charge in [0.25, 0.3) is 0 Å². The number of nitrogens with two attached hydrogens (primary N) is 1. The molecule has 46 valence electrons. The summed E-state index contributed by atoms with van der Waals surface area (Å²) in [5.41, 5.74) is 5.19. The van der Waals surface area contributed by atoms with Crippen molar-refractivity contribution in [1.29, 1.82) is 0 Å². The largest absolute Gasteiger partial charge is 0.386 e. The Balaban J connectivity index is 2.88. The van der Waals surface area contributed by atoms with E-state index in [4.69, 9.17) is 5.73 Å². The lowest BCUT2D eigenvalue weighted by molar-refractivity contribution is 0.629. The van der Waals surface area contributed by atoms with Crippen LogP contribution in [0.15, 0.2) is 17.0 Å². The second-order valence-corrected chi connectivity index (χ2v) is 1.57. The number of halogens is 1. The van der Waals surface area contributed by atoms with E-state index in [9.17, 15) is 4.39 Å². The Morgan fingerprint density at radius 1 is 1.78 bits per heavy atom. The van der Waals surface area contributed by atoms with Crippen LogP contribution in [-0.2, 0) is 0 Å². The third-order valence-corrected chi connectivity index (χ3v) is 0.813. The second-order valence-electron chi connectivity index (χ2n) is 1.57. The van der Waals surface area contributed by atoms with E-state index in [2.05, 4.69) is 16.8 Å². The van der Waals surface area contributed by atoms with Crippen LogP contribution in [0.3, 0.4) is 0 Å². The average Bonchev–Trinajstić information content (AvgIpc) is 1.93. The number of hydrogen-bond acceptors (Lipinski definition) is 2. The molecular formula is C6H5FN2. The van der Waals surface area contributed by atoms with Crippen LogP contribution < -0.4 is 5.73 Å². The van der Waals surface area contributed by atoms with Crippen molar-refractivity contribution < 1.29 is 4.39 Å². The molecule has 0 amide bonds. The van der Waals surface area contributed by atoms with Crippen LogP contribution in [0.2, 0.25) is 0 Å². The molecular weight excluding hydrogens is 119 g/mol. The molecule has 1 aliphatic heterocycles. The van der Waals surface area contributed by atoms with Gasteiger partial charge in [-0.3, -0.25) is 0 Å². The maximum atomic E-state index is 12.2. The van der Waals surface area contributed by atoms with Crippen molar-refractivity contribution in [3.05, 3.63) is 12.0 Å². The first-order valence-electron chi connectivity index (χ1n) is 2.46. The standard InChI is InChI=1S/C6H5FN2/c7-5-3-1-2-4-6(8)9-5/h3H,4H2,(H2,8,9). The number of amidine groups is 1. The fourth-order valence-corrected chi connectivity index (χ4v) is 0.461. The monoisotopic (exact) mass is 124 g/mol. The van der Waals surface area contributed by atoms with Crippen molar-refractivity contribution in [2.75, 3.05) is 0 Å². The summed E-state index contributed by atoms with van der Waals surface area (Å²) in [5, 5.41) is 0. The third kappa shape index (κ3) is 1.57. The summed E-state index contributed by atoms with van der Waals surface area (Å²) in [6, 6.07) is 0. The van der Waals surface area contributed by atoms with Gasteiger partial charge in [-0.15, -0.1) is 0 Å². The van der Waals surface area contributed by atoms with Crippen LogP contribution in [0.25, 0.3) is 0 Å². The predicted molar refractivity (Wildman–Crippen MR) is 33.2 cm³/mol. The topological polar surface area (TPSA) is 38.4 Å². The highest BCUT2D eigenvalue weighted by Gasteiger charge is 1.94. The second kappa shape index (κ2) is 2.31. The van der Waals surface area contributed by atoms with E-state index in [0.29, 0.717) is 6.42 Å². The molecule has 0 spiro atoms. The fraction of sp³-hybridized carbons (Fsp3) is 0.167. The molecule has 1 aliphatic rings. The van der Waals surface area contributed by atoms with Gasteiger partial charge in [-0.1, -0.05) is 11.8 Å². The highest BCUT2D eigenvalue weighted by Crippen LogP contribution is 1.99. The highest BCUT2D eigenvalue weighted by molar-refractivity contribution is 5.83. The smallest absolute Gasteiger partial charge is 0.222 e. The zero-order valence-corrected chi connectivity index (χ0v) is 4.69. The van der Waals surface area contributed by atoms with E-state index in [1.165, 1.54) is 0 Å². The van der Waals surface area contributed by atoms with E-state index in [0.717, 1.165) is 6.08 Å². The molecule has 0 unspecified atom stereocenters. The van der Waals surface area contributed by atoms with Crippen molar-refractivity contribution >= 4 is 5.84 Å². The summed E-state index contributed by atoms with van der Waals surface area (Å²) >= 11 is 0. The fourth-order valence-electron chi connectivity index (χ4n) is 0.461. The molecule has 1 heterocycles. The Hall–Kier alpha value is -1.30. The summed E-state index contributed by atoms with van der Waals surface area (Å²) < 4.78 is 12.2. The zero-order valence-electron chi connectivity index (χ0n) is 4.69. The molecule has 0 aliphatic carbocycles. The van der Waals surface area contributed by atoms with Crippen LogP contribution in [-0.4, -0.2) is 5.84 Å². The van der Waals surface area contributed by atoms with E-state index in [-0.39, 0.29) is 5.84 Å². The van der Waals surface area contributed by atoms with Crippen LogP contribution in [0.5, 0.6) is 0 Å². The molecule has 2 N–H and O–H groups in total. The van der Waals surface area contributed by atoms with Crippen LogP contribution in [0, 0.1) is 11.8 Å². The summed E-state index contributed by atoms with van der Waals surface area (Å²) in [7, 11) is 0. The maximum Gasteiger partial charge on any atom is 0.222 e. The minimum absolute atomic E-state index is 0.230. The van der Waals surface area contributed by atoms with Gasteiger partial charge in [0, 0.05) is 6.08 Å². The first-order valence-corrected chi connectivity index (χ1v) is 2.46. The summed E-state index contributed by atoms with van der Waals surface area (Å²) in [4.78, 5) is 3.34. The Kier molecular flexibility index (Phi) is 1.50. The SMILES string of the molecule is NC1=NC(F)=CC#CC1. The molecule has 0 bridgehead atoms. The lowest BCUT2D eigenvalue weighted by atomic mass is 10.4. The van der Waals surface area contributed by atoms with Gasteiger partial charge < -0.3 is 5.73 Å². The van der Waals surface area contributed by atoms with Gasteiger partial charge in [-0.05, 0) is 0 Å².